The van der Waals surface area contributed by atoms with Crippen LogP contribution in [-0.4, -0.2) is 26.7 Å². The minimum atomic E-state index is 0.144. The lowest BCUT2D eigenvalue weighted by atomic mass is 10.1. The Bertz CT molecular complexity index is 351. The van der Waals surface area contributed by atoms with Crippen LogP contribution in [0.15, 0.2) is 0 Å². The Kier molecular flexibility index (Phi) is 4.25. The van der Waals surface area contributed by atoms with Gasteiger partial charge in [-0.25, -0.2) is 4.68 Å². The second kappa shape index (κ2) is 5.47. The van der Waals surface area contributed by atoms with Crippen molar-refractivity contribution in [2.45, 2.75) is 39.2 Å². The summed E-state index contributed by atoms with van der Waals surface area (Å²) in [5.41, 5.74) is 1.76. The minimum Gasteiger partial charge on any atom is -0.396 e. The first-order valence-electron chi connectivity index (χ1n) is 5.10. The zero-order valence-corrected chi connectivity index (χ0v) is 9.14. The Labute approximate surface area is 89.3 Å². The fourth-order valence-corrected chi connectivity index (χ4v) is 1.57. The van der Waals surface area contributed by atoms with Gasteiger partial charge in [0.1, 0.15) is 5.69 Å². The Morgan fingerprint density at radius 3 is 2.80 bits per heavy atom. The van der Waals surface area contributed by atoms with Crippen molar-refractivity contribution >= 4 is 0 Å². The first-order valence-corrected chi connectivity index (χ1v) is 5.10. The summed E-state index contributed by atoms with van der Waals surface area (Å²) in [7, 11) is 0. The quantitative estimate of drug-likeness (QED) is 0.778. The number of rotatable bonds is 5. The largest absolute Gasteiger partial charge is 0.396 e. The van der Waals surface area contributed by atoms with Crippen molar-refractivity contribution in [3.8, 4) is 6.07 Å². The third-order valence-corrected chi connectivity index (χ3v) is 2.17. The van der Waals surface area contributed by atoms with Crippen LogP contribution < -0.4 is 0 Å². The van der Waals surface area contributed by atoms with E-state index in [9.17, 15) is 0 Å². The van der Waals surface area contributed by atoms with E-state index in [0.717, 1.165) is 11.4 Å². The summed E-state index contributed by atoms with van der Waals surface area (Å²) >= 11 is 0. The van der Waals surface area contributed by atoms with Crippen molar-refractivity contribution < 1.29 is 5.11 Å². The number of aryl methyl sites for hydroxylation is 1. The molecule has 0 amide bonds. The molecule has 0 bridgehead atoms. The molecule has 5 heteroatoms. The molecule has 5 nitrogen and oxygen atoms in total. The molecule has 1 aromatic rings. The van der Waals surface area contributed by atoms with Gasteiger partial charge in [-0.15, -0.1) is 5.10 Å². The Morgan fingerprint density at radius 1 is 1.53 bits per heavy atom. The van der Waals surface area contributed by atoms with Gasteiger partial charge in [0.25, 0.3) is 0 Å². The molecular formula is C10H16N4O. The second-order valence-electron chi connectivity index (χ2n) is 3.71. The predicted molar refractivity (Wildman–Crippen MR) is 55.1 cm³/mol. The summed E-state index contributed by atoms with van der Waals surface area (Å²) in [6.07, 6.45) is 0.960. The van der Waals surface area contributed by atoms with Crippen LogP contribution >= 0.6 is 0 Å². The molecule has 0 unspecified atom stereocenters. The van der Waals surface area contributed by atoms with Crippen LogP contribution in [0.2, 0.25) is 0 Å². The average molecular weight is 208 g/mol. The minimum absolute atomic E-state index is 0.144. The molecule has 1 aromatic heterocycles. The third-order valence-electron chi connectivity index (χ3n) is 2.17. The van der Waals surface area contributed by atoms with E-state index in [1.165, 1.54) is 0 Å². The molecule has 1 heterocycles. The highest BCUT2D eigenvalue weighted by atomic mass is 16.3. The molecule has 15 heavy (non-hydrogen) atoms. The molecule has 0 saturated heterocycles. The summed E-state index contributed by atoms with van der Waals surface area (Å²) < 4.78 is 1.79. The van der Waals surface area contributed by atoms with Gasteiger partial charge < -0.3 is 5.11 Å². The highest BCUT2D eigenvalue weighted by Gasteiger charge is 2.15. The van der Waals surface area contributed by atoms with E-state index in [0.29, 0.717) is 25.3 Å². The molecule has 0 aromatic carbocycles. The first-order chi connectivity index (χ1) is 7.20. The smallest absolute Gasteiger partial charge is 0.100 e. The van der Waals surface area contributed by atoms with Crippen molar-refractivity contribution in [1.82, 2.24) is 15.0 Å². The van der Waals surface area contributed by atoms with E-state index < -0.39 is 0 Å². The van der Waals surface area contributed by atoms with Gasteiger partial charge in [-0.05, 0) is 12.3 Å². The van der Waals surface area contributed by atoms with Crippen LogP contribution in [0.5, 0.6) is 0 Å². The summed E-state index contributed by atoms with van der Waals surface area (Å²) in [6.45, 7) is 4.90. The van der Waals surface area contributed by atoms with E-state index in [1.807, 2.05) is 0 Å². The standard InChI is InChI=1S/C10H16N4O/c1-8(2)10-9(4-5-11)12-13-14(10)6-3-7-15/h8,15H,3-4,6-7H2,1-2H3. The number of hydrogen-bond acceptors (Lipinski definition) is 4. The highest BCUT2D eigenvalue weighted by molar-refractivity contribution is 5.17. The maximum atomic E-state index is 8.75. The molecule has 0 aliphatic heterocycles. The molecule has 1 N–H and O–H groups in total. The van der Waals surface area contributed by atoms with Crippen LogP contribution in [0.25, 0.3) is 0 Å². The molecule has 0 aliphatic rings. The van der Waals surface area contributed by atoms with Crippen molar-refractivity contribution in [1.29, 1.82) is 5.26 Å². The van der Waals surface area contributed by atoms with Gasteiger partial charge in [0.15, 0.2) is 0 Å². The molecule has 0 fully saturated rings. The number of aliphatic hydroxyl groups excluding tert-OH is 1. The summed E-state index contributed by atoms with van der Waals surface area (Å²) in [6, 6.07) is 2.08. The Hall–Kier alpha value is -1.41. The van der Waals surface area contributed by atoms with E-state index in [4.69, 9.17) is 10.4 Å². The average Bonchev–Trinajstić information content (AvgIpc) is 2.58. The number of hydrogen-bond donors (Lipinski definition) is 1. The van der Waals surface area contributed by atoms with Crippen molar-refractivity contribution in [3.05, 3.63) is 11.4 Å². The van der Waals surface area contributed by atoms with Crippen LogP contribution in [0, 0.1) is 11.3 Å². The number of aromatic nitrogens is 3. The molecule has 0 radical (unpaired) electrons. The molecule has 0 aliphatic carbocycles. The van der Waals surface area contributed by atoms with Crippen molar-refractivity contribution in [3.63, 3.8) is 0 Å². The molecule has 0 spiro atoms. The van der Waals surface area contributed by atoms with Crippen molar-refractivity contribution in [2.75, 3.05) is 6.61 Å². The lowest BCUT2D eigenvalue weighted by Crippen LogP contribution is -2.09. The maximum absolute atomic E-state index is 8.75. The predicted octanol–water partition coefficient (Wildman–Crippen LogP) is 0.850. The number of nitriles is 1. The molecule has 0 saturated carbocycles. The fourth-order valence-electron chi connectivity index (χ4n) is 1.57. The highest BCUT2D eigenvalue weighted by Crippen LogP contribution is 2.17. The summed E-state index contributed by atoms with van der Waals surface area (Å²) in [4.78, 5) is 0. The van der Waals surface area contributed by atoms with E-state index in [-0.39, 0.29) is 6.61 Å². The Morgan fingerprint density at radius 2 is 2.27 bits per heavy atom. The van der Waals surface area contributed by atoms with Crippen LogP contribution in [0.4, 0.5) is 0 Å². The van der Waals surface area contributed by atoms with Gasteiger partial charge in [-0.2, -0.15) is 5.26 Å². The Balaban J connectivity index is 2.91. The zero-order valence-electron chi connectivity index (χ0n) is 9.14. The normalized spacial score (nSPS) is 10.6. The lowest BCUT2D eigenvalue weighted by molar-refractivity contribution is 0.275. The van der Waals surface area contributed by atoms with Gasteiger partial charge in [0.05, 0.1) is 18.2 Å². The first kappa shape index (κ1) is 11.7. The van der Waals surface area contributed by atoms with E-state index in [2.05, 4.69) is 30.2 Å². The van der Waals surface area contributed by atoms with Crippen LogP contribution in [0.1, 0.15) is 37.6 Å². The van der Waals surface area contributed by atoms with Gasteiger partial charge in [-0.1, -0.05) is 19.1 Å². The van der Waals surface area contributed by atoms with Gasteiger partial charge in [0.2, 0.25) is 0 Å². The van der Waals surface area contributed by atoms with Gasteiger partial charge >= 0.3 is 0 Å². The fraction of sp³-hybridized carbons (Fsp3) is 0.700. The lowest BCUT2D eigenvalue weighted by Gasteiger charge is -2.09. The third kappa shape index (κ3) is 2.77. The summed E-state index contributed by atoms with van der Waals surface area (Å²) in [5.74, 6) is 0.294. The molecule has 1 rings (SSSR count). The number of nitrogens with zero attached hydrogens (tertiary/aromatic N) is 4. The maximum Gasteiger partial charge on any atom is 0.100 e. The molecular weight excluding hydrogens is 192 g/mol. The van der Waals surface area contributed by atoms with Crippen LogP contribution in [-0.2, 0) is 13.0 Å². The van der Waals surface area contributed by atoms with Crippen LogP contribution in [0.3, 0.4) is 0 Å². The summed E-state index contributed by atoms with van der Waals surface area (Å²) in [5, 5.41) is 25.4. The zero-order chi connectivity index (χ0) is 11.3. The molecule has 0 atom stereocenters. The topological polar surface area (TPSA) is 74.7 Å². The monoisotopic (exact) mass is 208 g/mol. The van der Waals surface area contributed by atoms with E-state index >= 15 is 0 Å². The van der Waals surface area contributed by atoms with Crippen molar-refractivity contribution in [2.24, 2.45) is 0 Å². The number of aliphatic hydroxyl groups is 1. The second-order valence-corrected chi connectivity index (χ2v) is 3.71. The van der Waals surface area contributed by atoms with Gasteiger partial charge in [0, 0.05) is 13.2 Å². The van der Waals surface area contributed by atoms with Gasteiger partial charge in [-0.3, -0.25) is 0 Å². The molecule has 82 valence electrons. The SMILES string of the molecule is CC(C)c1c(CC#N)nnn1CCCO. The van der Waals surface area contributed by atoms with E-state index in [1.54, 1.807) is 4.68 Å².